The summed E-state index contributed by atoms with van der Waals surface area (Å²) >= 11 is 0. The minimum Gasteiger partial charge on any atom is -0.493 e. The van der Waals surface area contributed by atoms with Gasteiger partial charge in [-0.05, 0) is 35.4 Å². The number of hydrogen-bond donors (Lipinski definition) is 1. The minimum absolute atomic E-state index is 0.0160. The van der Waals surface area contributed by atoms with E-state index in [1.807, 2.05) is 0 Å². The summed E-state index contributed by atoms with van der Waals surface area (Å²) in [4.78, 5) is 27.7. The normalized spacial score (nSPS) is 13.5. The van der Waals surface area contributed by atoms with Gasteiger partial charge in [0.25, 0.3) is 11.8 Å². The Morgan fingerprint density at radius 3 is 2.21 bits per heavy atom. The van der Waals surface area contributed by atoms with E-state index in [4.69, 9.17) is 9.47 Å². The molecule has 168 valence electrons. The van der Waals surface area contributed by atoms with Gasteiger partial charge in [-0.1, -0.05) is 36.4 Å². The lowest BCUT2D eigenvalue weighted by molar-refractivity contribution is -0.137. The van der Waals surface area contributed by atoms with Gasteiger partial charge in [-0.25, -0.2) is 8.78 Å². The molecule has 0 atom stereocenters. The number of carbonyl (C=O) groups is 2. The first-order valence-electron chi connectivity index (χ1n) is 10.0. The van der Waals surface area contributed by atoms with Crippen molar-refractivity contribution < 1.29 is 27.8 Å². The molecule has 0 bridgehead atoms. The predicted molar refractivity (Wildman–Crippen MR) is 118 cm³/mol. The lowest BCUT2D eigenvalue weighted by Gasteiger charge is -2.17. The fourth-order valence-electron chi connectivity index (χ4n) is 3.59. The molecule has 6 nitrogen and oxygen atoms in total. The molecule has 0 unspecified atom stereocenters. The highest BCUT2D eigenvalue weighted by Gasteiger charge is 2.39. The number of anilines is 1. The van der Waals surface area contributed by atoms with E-state index in [-0.39, 0.29) is 23.5 Å². The SMILES string of the molecule is COc1ccc(CN2C(=O)C(Nc3ccc(F)c(F)c3)=C(c3ccccc3)C2=O)cc1OC. The molecular weight excluding hydrogens is 430 g/mol. The van der Waals surface area contributed by atoms with Crippen LogP contribution in [-0.4, -0.2) is 30.9 Å². The molecular formula is C25H20F2N2O4. The summed E-state index contributed by atoms with van der Waals surface area (Å²) in [6.45, 7) is -0.0166. The van der Waals surface area contributed by atoms with E-state index < -0.39 is 23.4 Å². The van der Waals surface area contributed by atoms with Gasteiger partial charge >= 0.3 is 0 Å². The number of carbonyl (C=O) groups excluding carboxylic acids is 2. The zero-order chi connectivity index (χ0) is 23.5. The molecule has 4 rings (SSSR count). The number of amides is 2. The Labute approximate surface area is 189 Å². The summed E-state index contributed by atoms with van der Waals surface area (Å²) in [5.74, 6) is -2.19. The molecule has 0 fully saturated rings. The molecule has 0 saturated carbocycles. The van der Waals surface area contributed by atoms with Crippen molar-refractivity contribution in [1.29, 1.82) is 0 Å². The van der Waals surface area contributed by atoms with E-state index >= 15 is 0 Å². The molecule has 33 heavy (non-hydrogen) atoms. The van der Waals surface area contributed by atoms with Crippen molar-refractivity contribution in [2.45, 2.75) is 6.54 Å². The lowest BCUT2D eigenvalue weighted by Crippen LogP contribution is -2.32. The molecule has 0 aromatic heterocycles. The number of rotatable bonds is 7. The van der Waals surface area contributed by atoms with Crippen LogP contribution in [-0.2, 0) is 16.1 Å². The number of methoxy groups -OCH3 is 2. The molecule has 0 radical (unpaired) electrons. The summed E-state index contributed by atoms with van der Waals surface area (Å²) < 4.78 is 37.6. The number of halogens is 2. The summed E-state index contributed by atoms with van der Waals surface area (Å²) in [5.41, 5.74) is 1.45. The van der Waals surface area contributed by atoms with Gasteiger partial charge in [0, 0.05) is 11.8 Å². The maximum absolute atomic E-state index is 13.7. The van der Waals surface area contributed by atoms with Gasteiger partial charge in [0.15, 0.2) is 23.1 Å². The first kappa shape index (κ1) is 22.0. The third-order valence-corrected chi connectivity index (χ3v) is 5.21. The Morgan fingerprint density at radius 1 is 0.818 bits per heavy atom. The van der Waals surface area contributed by atoms with Gasteiger partial charge in [-0.3, -0.25) is 14.5 Å². The topological polar surface area (TPSA) is 67.9 Å². The quantitative estimate of drug-likeness (QED) is 0.542. The summed E-state index contributed by atoms with van der Waals surface area (Å²) in [5, 5.41) is 2.81. The molecule has 1 aliphatic heterocycles. The Hall–Kier alpha value is -4.20. The van der Waals surface area contributed by atoms with Crippen molar-refractivity contribution in [1.82, 2.24) is 4.90 Å². The molecule has 0 aliphatic carbocycles. The van der Waals surface area contributed by atoms with Gasteiger partial charge in [0.1, 0.15) is 5.70 Å². The molecule has 1 N–H and O–H groups in total. The molecule has 2 amide bonds. The van der Waals surface area contributed by atoms with E-state index in [1.165, 1.54) is 20.3 Å². The molecule has 3 aromatic carbocycles. The second-order valence-electron chi connectivity index (χ2n) is 7.26. The van der Waals surface area contributed by atoms with E-state index in [1.54, 1.807) is 48.5 Å². The van der Waals surface area contributed by atoms with Crippen LogP contribution in [0.3, 0.4) is 0 Å². The number of benzene rings is 3. The van der Waals surface area contributed by atoms with E-state index in [0.29, 0.717) is 22.6 Å². The van der Waals surface area contributed by atoms with Crippen LogP contribution in [0, 0.1) is 11.6 Å². The number of nitrogens with zero attached hydrogens (tertiary/aromatic N) is 1. The van der Waals surface area contributed by atoms with Crippen LogP contribution in [0.5, 0.6) is 11.5 Å². The lowest BCUT2D eigenvalue weighted by atomic mass is 10.0. The Kier molecular flexibility index (Phi) is 6.08. The summed E-state index contributed by atoms with van der Waals surface area (Å²) in [6.07, 6.45) is 0. The van der Waals surface area contributed by atoms with Gasteiger partial charge in [-0.2, -0.15) is 0 Å². The third kappa shape index (κ3) is 4.27. The van der Waals surface area contributed by atoms with Gasteiger partial charge in [0.2, 0.25) is 0 Å². The maximum atomic E-state index is 13.7. The molecule has 3 aromatic rings. The first-order chi connectivity index (χ1) is 15.9. The van der Waals surface area contributed by atoms with Gasteiger partial charge in [0.05, 0.1) is 26.3 Å². The fraction of sp³-hybridized carbons (Fsp3) is 0.120. The van der Waals surface area contributed by atoms with Crippen molar-refractivity contribution in [3.05, 3.63) is 95.2 Å². The highest BCUT2D eigenvalue weighted by Crippen LogP contribution is 2.33. The van der Waals surface area contributed by atoms with Crippen molar-refractivity contribution >= 4 is 23.1 Å². The van der Waals surface area contributed by atoms with E-state index in [9.17, 15) is 18.4 Å². The predicted octanol–water partition coefficient (Wildman–Crippen LogP) is 4.37. The number of hydrogen-bond acceptors (Lipinski definition) is 5. The summed E-state index contributed by atoms with van der Waals surface area (Å²) in [6, 6.07) is 16.9. The third-order valence-electron chi connectivity index (χ3n) is 5.21. The maximum Gasteiger partial charge on any atom is 0.278 e. The van der Waals surface area contributed by atoms with Crippen LogP contribution < -0.4 is 14.8 Å². The number of nitrogens with one attached hydrogen (secondary N) is 1. The molecule has 0 spiro atoms. The van der Waals surface area contributed by atoms with Crippen LogP contribution in [0.25, 0.3) is 5.57 Å². The highest BCUT2D eigenvalue weighted by atomic mass is 19.2. The van der Waals surface area contributed by atoms with Crippen LogP contribution in [0.4, 0.5) is 14.5 Å². The standard InChI is InChI=1S/C25H20F2N2O4/c1-32-20-11-8-15(12-21(20)33-2)14-29-24(30)22(16-6-4-3-5-7-16)23(25(29)31)28-17-9-10-18(26)19(27)13-17/h3-13,28H,14H2,1-2H3. The smallest absolute Gasteiger partial charge is 0.278 e. The zero-order valence-corrected chi connectivity index (χ0v) is 17.9. The first-order valence-corrected chi connectivity index (χ1v) is 10.0. The molecule has 8 heteroatoms. The fourth-order valence-corrected chi connectivity index (χ4v) is 3.59. The van der Waals surface area contributed by atoms with E-state index in [0.717, 1.165) is 17.0 Å². The summed E-state index contributed by atoms with van der Waals surface area (Å²) in [7, 11) is 3.00. The second kappa shape index (κ2) is 9.12. The minimum atomic E-state index is -1.07. The van der Waals surface area contributed by atoms with Crippen molar-refractivity contribution in [2.24, 2.45) is 0 Å². The Balaban J connectivity index is 1.71. The van der Waals surface area contributed by atoms with Gasteiger partial charge < -0.3 is 14.8 Å². The Bertz CT molecular complexity index is 1260. The zero-order valence-electron chi connectivity index (χ0n) is 17.9. The molecule has 1 heterocycles. The largest absolute Gasteiger partial charge is 0.493 e. The van der Waals surface area contributed by atoms with Crippen LogP contribution in [0.1, 0.15) is 11.1 Å². The monoisotopic (exact) mass is 450 g/mol. The van der Waals surface area contributed by atoms with Gasteiger partial charge in [-0.15, -0.1) is 0 Å². The van der Waals surface area contributed by atoms with Crippen molar-refractivity contribution in [2.75, 3.05) is 19.5 Å². The van der Waals surface area contributed by atoms with E-state index in [2.05, 4.69) is 5.32 Å². The van der Waals surface area contributed by atoms with Crippen LogP contribution in [0.2, 0.25) is 0 Å². The number of imide groups is 1. The average molecular weight is 450 g/mol. The van der Waals surface area contributed by atoms with Crippen molar-refractivity contribution in [3.63, 3.8) is 0 Å². The van der Waals surface area contributed by atoms with Crippen LogP contribution in [0.15, 0.2) is 72.4 Å². The second-order valence-corrected chi connectivity index (χ2v) is 7.26. The molecule has 0 saturated heterocycles. The Morgan fingerprint density at radius 2 is 1.55 bits per heavy atom. The average Bonchev–Trinajstić information content (AvgIpc) is 3.06. The highest BCUT2D eigenvalue weighted by molar-refractivity contribution is 6.36. The number of ether oxygens (including phenoxy) is 2. The van der Waals surface area contributed by atoms with Crippen molar-refractivity contribution in [3.8, 4) is 11.5 Å². The van der Waals surface area contributed by atoms with Crippen LogP contribution >= 0.6 is 0 Å². The molecule has 1 aliphatic rings.